The molecule has 1 saturated heterocycles. The van der Waals surface area contributed by atoms with E-state index >= 15 is 0 Å². The van der Waals surface area contributed by atoms with Crippen molar-refractivity contribution >= 4 is 40.4 Å². The Balaban J connectivity index is 1.19. The third-order valence-corrected chi connectivity index (χ3v) is 8.40. The maximum Gasteiger partial charge on any atom is 0.258 e. The average Bonchev–Trinajstić information content (AvgIpc) is 3.56. The lowest BCUT2D eigenvalue weighted by Gasteiger charge is -2.29. The molecule has 1 fully saturated rings. The van der Waals surface area contributed by atoms with Crippen molar-refractivity contribution < 1.29 is 47.7 Å². The second-order valence-electron chi connectivity index (χ2n) is 12.7. The Bertz CT molecular complexity index is 1870. The molecule has 0 unspecified atom stereocenters. The van der Waals surface area contributed by atoms with Gasteiger partial charge < -0.3 is 45.0 Å². The van der Waals surface area contributed by atoms with Crippen molar-refractivity contribution in [3.05, 3.63) is 46.8 Å². The first-order chi connectivity index (χ1) is 23.8. The molecule has 5 rings (SSSR count). The number of fused-ring (bicyclic) bond motifs is 2. The summed E-state index contributed by atoms with van der Waals surface area (Å²) in [6, 6.07) is 4.76. The Morgan fingerprint density at radius 2 is 1.78 bits per heavy atom. The summed E-state index contributed by atoms with van der Waals surface area (Å²) < 4.78 is 22.3. The zero-order chi connectivity index (χ0) is 36.1. The van der Waals surface area contributed by atoms with Gasteiger partial charge in [-0.2, -0.15) is 0 Å². The van der Waals surface area contributed by atoms with Gasteiger partial charge in [0.2, 0.25) is 23.2 Å². The fourth-order valence-corrected chi connectivity index (χ4v) is 6.05. The first-order valence-electron chi connectivity index (χ1n) is 16.3. The van der Waals surface area contributed by atoms with E-state index < -0.39 is 71.7 Å². The number of ketones is 1. The van der Waals surface area contributed by atoms with Crippen LogP contribution >= 0.6 is 0 Å². The van der Waals surface area contributed by atoms with Crippen LogP contribution in [0.5, 0.6) is 23.0 Å². The lowest BCUT2D eigenvalue weighted by molar-refractivity contribution is -0.142. The van der Waals surface area contributed by atoms with E-state index in [0.717, 1.165) is 0 Å². The van der Waals surface area contributed by atoms with Gasteiger partial charge in [-0.05, 0) is 49.8 Å². The lowest BCUT2D eigenvalue weighted by atomic mass is 9.98. The van der Waals surface area contributed by atoms with Gasteiger partial charge in [0, 0.05) is 18.7 Å². The van der Waals surface area contributed by atoms with Crippen molar-refractivity contribution in [1.82, 2.24) is 15.5 Å². The minimum absolute atomic E-state index is 0.0283. The van der Waals surface area contributed by atoms with Gasteiger partial charge in [0.15, 0.2) is 23.9 Å². The number of ether oxygens (including phenoxy) is 3. The molecule has 3 aromatic rings. The van der Waals surface area contributed by atoms with Gasteiger partial charge >= 0.3 is 0 Å². The summed E-state index contributed by atoms with van der Waals surface area (Å²) in [6.45, 7) is 5.75. The SMILES string of the molecule is CC(C)C[C@H](NC(=O)[C@@H]1CCCN1C(=O)[C@@H](C)NC(=O)COc1cc(O)c2c(=O)c(-c3ccc4c(c3)OCCO4)coc2c1)C(=O)CC(N)=O. The molecule has 3 heterocycles. The monoisotopic (exact) mass is 692 g/mol. The molecule has 0 aliphatic carbocycles. The predicted molar refractivity (Wildman–Crippen MR) is 179 cm³/mol. The van der Waals surface area contributed by atoms with Crippen molar-refractivity contribution in [3.63, 3.8) is 0 Å². The molecule has 50 heavy (non-hydrogen) atoms. The topological polar surface area (TPSA) is 217 Å². The van der Waals surface area contributed by atoms with Crippen LogP contribution in [0.3, 0.4) is 0 Å². The molecule has 1 aromatic heterocycles. The van der Waals surface area contributed by atoms with E-state index in [4.69, 9.17) is 24.4 Å². The van der Waals surface area contributed by atoms with Crippen molar-refractivity contribution in [3.8, 4) is 34.1 Å². The molecule has 3 atom stereocenters. The number of phenols is 1. The van der Waals surface area contributed by atoms with Gasteiger partial charge in [-0.15, -0.1) is 0 Å². The molecular formula is C35H40N4O11. The normalized spacial score (nSPS) is 16.5. The van der Waals surface area contributed by atoms with Gasteiger partial charge in [0.05, 0.1) is 18.0 Å². The smallest absolute Gasteiger partial charge is 0.258 e. The molecule has 0 saturated carbocycles. The van der Waals surface area contributed by atoms with E-state index in [-0.39, 0.29) is 34.7 Å². The number of hydrogen-bond acceptors (Lipinski definition) is 11. The maximum atomic E-state index is 13.3. The summed E-state index contributed by atoms with van der Waals surface area (Å²) in [4.78, 5) is 77.8. The summed E-state index contributed by atoms with van der Waals surface area (Å²) in [6.07, 6.45) is 1.95. The van der Waals surface area contributed by atoms with Crippen LogP contribution in [0.4, 0.5) is 0 Å². The number of nitrogens with zero attached hydrogens (tertiary/aromatic N) is 1. The molecule has 0 bridgehead atoms. The Labute approximate surface area is 287 Å². The molecule has 2 aliphatic rings. The molecule has 4 amide bonds. The van der Waals surface area contributed by atoms with E-state index in [2.05, 4.69) is 10.6 Å². The first kappa shape index (κ1) is 35.7. The number of benzene rings is 2. The molecule has 5 N–H and O–H groups in total. The van der Waals surface area contributed by atoms with E-state index in [9.17, 15) is 33.9 Å². The highest BCUT2D eigenvalue weighted by Crippen LogP contribution is 2.35. The number of nitrogens with one attached hydrogen (secondary N) is 2. The number of primary amides is 1. The third-order valence-electron chi connectivity index (χ3n) is 8.40. The first-order valence-corrected chi connectivity index (χ1v) is 16.3. The Kier molecular flexibility index (Phi) is 10.9. The van der Waals surface area contributed by atoms with Crippen LogP contribution in [0, 0.1) is 5.92 Å². The second kappa shape index (κ2) is 15.3. The fraction of sp³-hybridized carbons (Fsp3) is 0.429. The number of rotatable bonds is 13. The van der Waals surface area contributed by atoms with Crippen LogP contribution in [0.25, 0.3) is 22.1 Å². The Morgan fingerprint density at radius 3 is 2.50 bits per heavy atom. The Morgan fingerprint density at radius 1 is 1.04 bits per heavy atom. The number of hydrogen-bond donors (Lipinski definition) is 4. The molecule has 2 aromatic carbocycles. The van der Waals surface area contributed by atoms with Crippen LogP contribution in [-0.4, -0.2) is 83.9 Å². The number of nitrogens with two attached hydrogens (primary N) is 1. The maximum absolute atomic E-state index is 13.3. The van der Waals surface area contributed by atoms with Crippen LogP contribution in [-0.2, 0) is 24.0 Å². The molecule has 2 aliphatic heterocycles. The van der Waals surface area contributed by atoms with Crippen LogP contribution < -0.4 is 36.0 Å². The van der Waals surface area contributed by atoms with Gasteiger partial charge in [-0.3, -0.25) is 28.8 Å². The Hall–Kier alpha value is -5.60. The summed E-state index contributed by atoms with van der Waals surface area (Å²) >= 11 is 0. The highest BCUT2D eigenvalue weighted by molar-refractivity contribution is 6.02. The minimum atomic E-state index is -1.02. The second-order valence-corrected chi connectivity index (χ2v) is 12.7. The average molecular weight is 693 g/mol. The number of phenolic OH excluding ortho intramolecular Hbond substituents is 1. The number of carbonyl (C=O) groups excluding carboxylic acids is 5. The number of aromatic hydroxyl groups is 1. The molecule has 266 valence electrons. The van der Waals surface area contributed by atoms with Crippen LogP contribution in [0.15, 0.2) is 45.8 Å². The lowest BCUT2D eigenvalue weighted by Crippen LogP contribution is -2.55. The highest BCUT2D eigenvalue weighted by atomic mass is 16.6. The van der Waals surface area contributed by atoms with E-state index in [1.54, 1.807) is 18.2 Å². The molecular weight excluding hydrogens is 652 g/mol. The van der Waals surface area contributed by atoms with Crippen LogP contribution in [0.1, 0.15) is 46.5 Å². The van der Waals surface area contributed by atoms with Crippen molar-refractivity contribution in [1.29, 1.82) is 0 Å². The number of Topliss-reactive ketones (excluding diaryl/α,β-unsaturated/α-hetero) is 1. The molecule has 0 radical (unpaired) electrons. The zero-order valence-electron chi connectivity index (χ0n) is 28.0. The molecule has 15 heteroatoms. The van der Waals surface area contributed by atoms with Crippen molar-refractivity contribution in [2.75, 3.05) is 26.4 Å². The van der Waals surface area contributed by atoms with Gasteiger partial charge in [-0.25, -0.2) is 0 Å². The van der Waals surface area contributed by atoms with Crippen molar-refractivity contribution in [2.45, 2.75) is 64.6 Å². The van der Waals surface area contributed by atoms with E-state index in [0.29, 0.717) is 49.5 Å². The standard InChI is InChI=1S/C35H40N4O11/c1-18(2)11-23(25(40)15-30(36)42)38-34(45)24-5-4-8-39(24)35(46)19(3)37-31(43)17-49-21-13-26(41)32-29(14-21)50-16-22(33(32)44)20-6-7-27-28(12-20)48-10-9-47-27/h6-7,12-14,16,18-19,23-24,41H,4-5,8-11,15,17H2,1-3H3,(H2,36,42)(H,37,43)(H,38,45)/t19-,23+,24+/m1/s1. The van der Waals surface area contributed by atoms with E-state index in [1.807, 2.05) is 13.8 Å². The molecule has 15 nitrogen and oxygen atoms in total. The summed E-state index contributed by atoms with van der Waals surface area (Å²) in [5.41, 5.74) is 5.42. The fourth-order valence-electron chi connectivity index (χ4n) is 6.05. The highest BCUT2D eigenvalue weighted by Gasteiger charge is 2.38. The summed E-state index contributed by atoms with van der Waals surface area (Å²) in [7, 11) is 0. The van der Waals surface area contributed by atoms with Crippen LogP contribution in [0.2, 0.25) is 0 Å². The quantitative estimate of drug-likeness (QED) is 0.189. The molecule has 0 spiro atoms. The number of likely N-dealkylation sites (tertiary alicyclic amines) is 1. The van der Waals surface area contributed by atoms with Gasteiger partial charge in [-0.1, -0.05) is 19.9 Å². The van der Waals surface area contributed by atoms with Gasteiger partial charge in [0.1, 0.15) is 54.0 Å². The predicted octanol–water partition coefficient (Wildman–Crippen LogP) is 1.79. The van der Waals surface area contributed by atoms with Gasteiger partial charge in [0.25, 0.3) is 5.91 Å². The largest absolute Gasteiger partial charge is 0.507 e. The summed E-state index contributed by atoms with van der Waals surface area (Å²) in [5, 5.41) is 15.9. The zero-order valence-corrected chi connectivity index (χ0v) is 28.0. The van der Waals surface area contributed by atoms with E-state index in [1.165, 1.54) is 30.2 Å². The minimum Gasteiger partial charge on any atom is -0.507 e. The summed E-state index contributed by atoms with van der Waals surface area (Å²) in [5.74, 6) is -2.27. The third kappa shape index (κ3) is 8.15. The number of amides is 4. The van der Waals surface area contributed by atoms with Crippen molar-refractivity contribution in [2.24, 2.45) is 11.7 Å². The number of carbonyl (C=O) groups is 5.